The normalized spacial score (nSPS) is 35.5. The van der Waals surface area contributed by atoms with Crippen LogP contribution >= 0.6 is 0 Å². The number of carbonyl (C=O) groups excluding carboxylic acids is 1. The Labute approximate surface area is 249 Å². The number of nitrogens with zero attached hydrogens (tertiary/aromatic N) is 2. The van der Waals surface area contributed by atoms with Gasteiger partial charge in [0, 0.05) is 13.1 Å². The maximum Gasteiger partial charge on any atom is 0.412 e. The Balaban J connectivity index is 1.37. The van der Waals surface area contributed by atoms with E-state index in [0.717, 1.165) is 54.8 Å². The zero-order valence-corrected chi connectivity index (χ0v) is 26.7. The quantitative estimate of drug-likeness (QED) is 0.0729. The van der Waals surface area contributed by atoms with Crippen molar-refractivity contribution < 1.29 is 9.53 Å². The predicted molar refractivity (Wildman–Crippen MR) is 168 cm³/mol. The fourth-order valence-corrected chi connectivity index (χ4v) is 9.66. The fourth-order valence-electron chi connectivity index (χ4n) is 9.66. The number of amides is 1. The highest BCUT2D eigenvalue weighted by Gasteiger charge is 2.59. The summed E-state index contributed by atoms with van der Waals surface area (Å²) in [5, 5.41) is 6.12. The standard InChI is InChI=1S/C33H60N6O2/c1-23(2)7-6-8-24(3)28-11-12-29-27-10-9-25-17-26(13-15-32(25,4)30(27)14-16-33(28,29)5)41-31(40)39(21-37-19-35)22-38-20-36-18-34/h9,18,23-24,26-30,37-38H,6-8,10-17,19-22,35H2,1-5H3,(H2,34,36). The lowest BCUT2D eigenvalue weighted by Gasteiger charge is -2.58. The first kappa shape index (κ1) is 32.3. The number of aliphatic imine (C=N–C) groups is 1. The molecule has 8 unspecified atom stereocenters. The van der Waals surface area contributed by atoms with E-state index in [1.165, 1.54) is 57.7 Å². The van der Waals surface area contributed by atoms with Gasteiger partial charge < -0.3 is 16.2 Å². The SMILES string of the molecule is CC(C)CCCC(C)C1CCC2C3CC=C4CC(OC(=O)N(CNCN)CNCN=CN)CCC4(C)C3CCC12C. The number of carbonyl (C=O) groups is 1. The number of ether oxygens (including phenoxy) is 1. The molecular weight excluding hydrogens is 512 g/mol. The second-order valence-electron chi connectivity index (χ2n) is 14.6. The molecule has 1 amide bonds. The van der Waals surface area contributed by atoms with E-state index in [9.17, 15) is 4.79 Å². The van der Waals surface area contributed by atoms with E-state index >= 15 is 0 Å². The molecule has 4 aliphatic carbocycles. The van der Waals surface area contributed by atoms with Crippen LogP contribution < -0.4 is 22.1 Å². The number of rotatable bonds is 13. The Hall–Kier alpha value is -1.64. The maximum absolute atomic E-state index is 13.1. The summed E-state index contributed by atoms with van der Waals surface area (Å²) in [5.74, 6) is 5.00. The summed E-state index contributed by atoms with van der Waals surface area (Å²) < 4.78 is 6.07. The summed E-state index contributed by atoms with van der Waals surface area (Å²) in [4.78, 5) is 18.6. The van der Waals surface area contributed by atoms with Gasteiger partial charge in [-0.05, 0) is 91.3 Å². The molecule has 41 heavy (non-hydrogen) atoms. The van der Waals surface area contributed by atoms with Gasteiger partial charge in [0.05, 0.1) is 26.3 Å². The molecular formula is C33H60N6O2. The smallest absolute Gasteiger partial charge is 0.412 e. The second kappa shape index (κ2) is 14.2. The summed E-state index contributed by atoms with van der Waals surface area (Å²) in [5.41, 5.74) is 13.2. The first-order valence-electron chi connectivity index (χ1n) is 16.6. The van der Waals surface area contributed by atoms with Crippen LogP contribution in [0.2, 0.25) is 0 Å². The van der Waals surface area contributed by atoms with Crippen molar-refractivity contribution in [2.75, 3.05) is 26.7 Å². The average Bonchev–Trinajstić information content (AvgIpc) is 3.30. The van der Waals surface area contributed by atoms with E-state index in [1.54, 1.807) is 10.5 Å². The third-order valence-electron chi connectivity index (χ3n) is 11.8. The highest BCUT2D eigenvalue weighted by molar-refractivity contribution is 5.67. The van der Waals surface area contributed by atoms with Crippen LogP contribution in [0.1, 0.15) is 105 Å². The molecule has 0 aromatic heterocycles. The topological polar surface area (TPSA) is 118 Å². The van der Waals surface area contributed by atoms with E-state index in [0.29, 0.717) is 32.1 Å². The maximum atomic E-state index is 13.1. The molecule has 0 aromatic rings. The van der Waals surface area contributed by atoms with E-state index in [1.807, 2.05) is 0 Å². The molecule has 4 aliphatic rings. The second-order valence-corrected chi connectivity index (χ2v) is 14.6. The van der Waals surface area contributed by atoms with Gasteiger partial charge in [-0.25, -0.2) is 4.79 Å². The van der Waals surface area contributed by atoms with Crippen LogP contribution in [0.3, 0.4) is 0 Å². The van der Waals surface area contributed by atoms with Crippen molar-refractivity contribution in [3.05, 3.63) is 11.6 Å². The van der Waals surface area contributed by atoms with Gasteiger partial charge in [-0.1, -0.05) is 65.5 Å². The molecule has 0 radical (unpaired) electrons. The minimum absolute atomic E-state index is 0.0720. The van der Waals surface area contributed by atoms with Gasteiger partial charge in [0.2, 0.25) is 0 Å². The van der Waals surface area contributed by atoms with Crippen molar-refractivity contribution in [2.24, 2.45) is 62.8 Å². The van der Waals surface area contributed by atoms with Crippen LogP contribution in [0.5, 0.6) is 0 Å². The van der Waals surface area contributed by atoms with Crippen LogP contribution in [-0.4, -0.2) is 50.1 Å². The molecule has 3 fully saturated rings. The minimum atomic E-state index is -0.314. The lowest BCUT2D eigenvalue weighted by molar-refractivity contribution is -0.0594. The number of hydrogen-bond donors (Lipinski definition) is 4. The third-order valence-corrected chi connectivity index (χ3v) is 11.8. The number of allylic oxidation sites excluding steroid dienone is 1. The molecule has 8 heteroatoms. The van der Waals surface area contributed by atoms with Crippen molar-refractivity contribution in [1.29, 1.82) is 0 Å². The van der Waals surface area contributed by atoms with E-state index in [2.05, 4.69) is 56.3 Å². The largest absolute Gasteiger partial charge is 0.446 e. The van der Waals surface area contributed by atoms with Crippen LogP contribution in [0.15, 0.2) is 16.6 Å². The van der Waals surface area contributed by atoms with Crippen molar-refractivity contribution in [3.8, 4) is 0 Å². The van der Waals surface area contributed by atoms with Crippen LogP contribution in [0, 0.1) is 46.3 Å². The molecule has 0 spiro atoms. The molecule has 0 saturated heterocycles. The molecule has 0 bridgehead atoms. The number of nitrogens with two attached hydrogens (primary N) is 2. The molecule has 6 N–H and O–H groups in total. The first-order chi connectivity index (χ1) is 19.6. The number of hydrogen-bond acceptors (Lipinski definition) is 6. The monoisotopic (exact) mass is 572 g/mol. The summed E-state index contributed by atoms with van der Waals surface area (Å²) >= 11 is 0. The van der Waals surface area contributed by atoms with E-state index in [-0.39, 0.29) is 17.6 Å². The van der Waals surface area contributed by atoms with Crippen LogP contribution in [-0.2, 0) is 4.74 Å². The minimum Gasteiger partial charge on any atom is -0.446 e. The van der Waals surface area contributed by atoms with Crippen molar-refractivity contribution in [1.82, 2.24) is 15.5 Å². The Kier molecular flexibility index (Phi) is 11.2. The molecule has 0 heterocycles. The Morgan fingerprint density at radius 2 is 1.90 bits per heavy atom. The highest BCUT2D eigenvalue weighted by atomic mass is 16.6. The molecule has 234 valence electrons. The third kappa shape index (κ3) is 7.13. The zero-order valence-electron chi connectivity index (χ0n) is 26.7. The van der Waals surface area contributed by atoms with Gasteiger partial charge in [0.15, 0.2) is 0 Å². The predicted octanol–water partition coefficient (Wildman–Crippen LogP) is 5.79. The van der Waals surface area contributed by atoms with Gasteiger partial charge >= 0.3 is 6.09 Å². The van der Waals surface area contributed by atoms with Gasteiger partial charge in [-0.15, -0.1) is 0 Å². The molecule has 0 aliphatic heterocycles. The average molecular weight is 573 g/mol. The molecule has 0 aromatic carbocycles. The van der Waals surface area contributed by atoms with E-state index in [4.69, 9.17) is 16.2 Å². The molecule has 8 nitrogen and oxygen atoms in total. The highest BCUT2D eigenvalue weighted by Crippen LogP contribution is 2.67. The first-order valence-corrected chi connectivity index (χ1v) is 16.6. The zero-order chi connectivity index (χ0) is 29.6. The van der Waals surface area contributed by atoms with Crippen LogP contribution in [0.4, 0.5) is 4.79 Å². The van der Waals surface area contributed by atoms with Gasteiger partial charge in [-0.3, -0.25) is 20.5 Å². The van der Waals surface area contributed by atoms with Crippen molar-refractivity contribution in [3.63, 3.8) is 0 Å². The Morgan fingerprint density at radius 3 is 2.63 bits per heavy atom. The molecule has 8 atom stereocenters. The summed E-state index contributed by atoms with van der Waals surface area (Å²) in [6, 6.07) is 0. The van der Waals surface area contributed by atoms with E-state index < -0.39 is 0 Å². The Bertz CT molecular complexity index is 923. The summed E-state index contributed by atoms with van der Waals surface area (Å²) in [6.07, 6.45) is 17.3. The summed E-state index contributed by atoms with van der Waals surface area (Å²) in [7, 11) is 0. The molecule has 4 rings (SSSR count). The van der Waals surface area contributed by atoms with Crippen molar-refractivity contribution in [2.45, 2.75) is 111 Å². The lowest BCUT2D eigenvalue weighted by Crippen LogP contribution is -2.51. The summed E-state index contributed by atoms with van der Waals surface area (Å²) in [6.45, 7) is 13.8. The molecule has 3 saturated carbocycles. The van der Waals surface area contributed by atoms with Crippen molar-refractivity contribution >= 4 is 12.4 Å². The number of nitrogens with one attached hydrogen (secondary N) is 2. The lowest BCUT2D eigenvalue weighted by atomic mass is 9.47. The Morgan fingerprint density at radius 1 is 1.12 bits per heavy atom. The van der Waals surface area contributed by atoms with Gasteiger partial charge in [0.1, 0.15) is 6.10 Å². The van der Waals surface area contributed by atoms with Gasteiger partial charge in [-0.2, -0.15) is 0 Å². The van der Waals surface area contributed by atoms with Crippen LogP contribution in [0.25, 0.3) is 0 Å². The fraction of sp³-hybridized carbons (Fsp3) is 0.879. The van der Waals surface area contributed by atoms with Gasteiger partial charge in [0.25, 0.3) is 0 Å². The number of fused-ring (bicyclic) bond motifs is 5.